The van der Waals surface area contributed by atoms with Gasteiger partial charge in [-0.05, 0) is 15.9 Å². The maximum atomic E-state index is 12.0. The van der Waals surface area contributed by atoms with Crippen LogP contribution in [0.4, 0.5) is 24.9 Å². The van der Waals surface area contributed by atoms with Crippen LogP contribution in [-0.2, 0) is 0 Å². The second-order valence-corrected chi connectivity index (χ2v) is 3.72. The number of aromatic nitrogens is 2. The number of alkyl halides is 3. The minimum atomic E-state index is -4.67. The first kappa shape index (κ1) is 13.0. The predicted molar refractivity (Wildman–Crippen MR) is 54.7 cm³/mol. The summed E-state index contributed by atoms with van der Waals surface area (Å²) in [5.74, 6) is 0.0167. The summed E-state index contributed by atoms with van der Waals surface area (Å²) in [7, 11) is 0. The van der Waals surface area contributed by atoms with Gasteiger partial charge >= 0.3 is 6.18 Å². The van der Waals surface area contributed by atoms with Crippen molar-refractivity contribution in [2.24, 2.45) is 0 Å². The molecule has 0 aliphatic carbocycles. The summed E-state index contributed by atoms with van der Waals surface area (Å²) in [6, 6.07) is 0. The highest BCUT2D eigenvalue weighted by molar-refractivity contribution is 9.10. The van der Waals surface area contributed by atoms with Crippen molar-refractivity contribution >= 4 is 27.7 Å². The Labute approximate surface area is 97.0 Å². The number of nitrogens with zero attached hydrogens (tertiary/aromatic N) is 2. The van der Waals surface area contributed by atoms with E-state index in [0.717, 1.165) is 0 Å². The van der Waals surface area contributed by atoms with E-state index in [0.29, 0.717) is 4.47 Å². The number of nitrogens with two attached hydrogens (primary N) is 1. The van der Waals surface area contributed by atoms with Crippen LogP contribution in [0.3, 0.4) is 0 Å². The van der Waals surface area contributed by atoms with Crippen molar-refractivity contribution in [2.75, 3.05) is 17.6 Å². The lowest BCUT2D eigenvalue weighted by molar-refractivity contribution is -0.198. The molecule has 0 aliphatic rings. The summed E-state index contributed by atoms with van der Waals surface area (Å²) in [5.41, 5.74) is 5.25. The largest absolute Gasteiger partial charge is 0.416 e. The maximum absolute atomic E-state index is 12.0. The van der Waals surface area contributed by atoms with E-state index in [1.54, 1.807) is 0 Å². The Hall–Kier alpha value is -1.09. The third kappa shape index (κ3) is 3.49. The van der Waals surface area contributed by atoms with Crippen LogP contribution in [0, 0.1) is 0 Å². The molecule has 16 heavy (non-hydrogen) atoms. The zero-order valence-corrected chi connectivity index (χ0v) is 9.38. The topological polar surface area (TPSA) is 84.1 Å². The van der Waals surface area contributed by atoms with Crippen LogP contribution < -0.4 is 11.1 Å². The van der Waals surface area contributed by atoms with Crippen molar-refractivity contribution in [3.05, 3.63) is 10.7 Å². The van der Waals surface area contributed by atoms with Gasteiger partial charge in [-0.1, -0.05) is 0 Å². The summed E-state index contributed by atoms with van der Waals surface area (Å²) in [6.07, 6.45) is -5.83. The number of aliphatic hydroxyl groups is 1. The third-order valence-electron chi connectivity index (χ3n) is 1.60. The van der Waals surface area contributed by atoms with Gasteiger partial charge in [0.2, 0.25) is 5.95 Å². The van der Waals surface area contributed by atoms with E-state index in [1.165, 1.54) is 6.20 Å². The SMILES string of the molecule is Nc1ncc(Br)c(NCC(O)C(F)(F)F)n1. The summed E-state index contributed by atoms with van der Waals surface area (Å²) in [5, 5.41) is 11.0. The Bertz CT molecular complexity index is 373. The lowest BCUT2D eigenvalue weighted by Crippen LogP contribution is -2.35. The Morgan fingerprint density at radius 1 is 1.56 bits per heavy atom. The molecule has 1 aromatic heterocycles. The molecule has 0 saturated heterocycles. The fourth-order valence-electron chi connectivity index (χ4n) is 0.814. The molecule has 1 rings (SSSR count). The van der Waals surface area contributed by atoms with Crippen molar-refractivity contribution in [3.8, 4) is 0 Å². The van der Waals surface area contributed by atoms with Crippen LogP contribution >= 0.6 is 15.9 Å². The number of aliphatic hydroxyl groups excluding tert-OH is 1. The van der Waals surface area contributed by atoms with Gasteiger partial charge in [-0.2, -0.15) is 18.2 Å². The van der Waals surface area contributed by atoms with E-state index in [2.05, 4.69) is 31.2 Å². The second-order valence-electron chi connectivity index (χ2n) is 2.86. The lowest BCUT2D eigenvalue weighted by Gasteiger charge is -2.15. The van der Waals surface area contributed by atoms with Crippen molar-refractivity contribution in [3.63, 3.8) is 0 Å². The molecule has 4 N–H and O–H groups in total. The summed E-state index contributed by atoms with van der Waals surface area (Å²) < 4.78 is 36.3. The first-order chi connectivity index (χ1) is 7.30. The molecule has 0 aromatic carbocycles. The summed E-state index contributed by atoms with van der Waals surface area (Å²) in [4.78, 5) is 7.27. The molecular formula is C7H8BrF3N4O. The average Bonchev–Trinajstić information content (AvgIpc) is 2.17. The summed E-state index contributed by atoms with van der Waals surface area (Å²) >= 11 is 3.03. The highest BCUT2D eigenvalue weighted by Gasteiger charge is 2.37. The van der Waals surface area contributed by atoms with E-state index < -0.39 is 18.8 Å². The third-order valence-corrected chi connectivity index (χ3v) is 2.18. The van der Waals surface area contributed by atoms with Gasteiger partial charge in [0.1, 0.15) is 5.82 Å². The molecule has 90 valence electrons. The second kappa shape index (κ2) is 4.83. The zero-order valence-electron chi connectivity index (χ0n) is 7.79. The van der Waals surface area contributed by atoms with Gasteiger partial charge in [-0.15, -0.1) is 0 Å². The quantitative estimate of drug-likeness (QED) is 0.780. The number of anilines is 2. The zero-order chi connectivity index (χ0) is 12.3. The molecule has 0 aliphatic heterocycles. The van der Waals surface area contributed by atoms with Crippen molar-refractivity contribution < 1.29 is 18.3 Å². The number of rotatable bonds is 3. The van der Waals surface area contributed by atoms with Gasteiger partial charge in [0, 0.05) is 6.20 Å². The number of nitrogens with one attached hydrogen (secondary N) is 1. The number of nitrogen functional groups attached to an aromatic ring is 1. The molecule has 0 radical (unpaired) electrons. The monoisotopic (exact) mass is 300 g/mol. The van der Waals surface area contributed by atoms with E-state index >= 15 is 0 Å². The van der Waals surface area contributed by atoms with Gasteiger partial charge in [0.25, 0.3) is 0 Å². The molecule has 1 aromatic rings. The van der Waals surface area contributed by atoms with Gasteiger partial charge in [0.05, 0.1) is 11.0 Å². The minimum Gasteiger partial charge on any atom is -0.382 e. The molecule has 0 spiro atoms. The van der Waals surface area contributed by atoms with Gasteiger partial charge in [-0.3, -0.25) is 0 Å². The Balaban J connectivity index is 2.64. The molecule has 1 atom stereocenters. The van der Waals surface area contributed by atoms with Crippen molar-refractivity contribution in [2.45, 2.75) is 12.3 Å². The fourth-order valence-corrected chi connectivity index (χ4v) is 1.15. The van der Waals surface area contributed by atoms with Crippen LogP contribution in [0.5, 0.6) is 0 Å². The molecule has 0 saturated carbocycles. The van der Waals surface area contributed by atoms with Crippen LogP contribution in [0.2, 0.25) is 0 Å². The average molecular weight is 301 g/mol. The first-order valence-electron chi connectivity index (χ1n) is 4.07. The van der Waals surface area contributed by atoms with E-state index in [-0.39, 0.29) is 11.8 Å². The fraction of sp³-hybridized carbons (Fsp3) is 0.429. The minimum absolute atomic E-state index is 0.0767. The molecule has 1 unspecified atom stereocenters. The first-order valence-corrected chi connectivity index (χ1v) is 4.86. The molecule has 0 bridgehead atoms. The normalized spacial score (nSPS) is 13.6. The van der Waals surface area contributed by atoms with Gasteiger partial charge in [0.15, 0.2) is 6.10 Å². The van der Waals surface area contributed by atoms with Crippen LogP contribution in [0.15, 0.2) is 10.7 Å². The van der Waals surface area contributed by atoms with Crippen LogP contribution in [0.25, 0.3) is 0 Å². The van der Waals surface area contributed by atoms with Crippen molar-refractivity contribution in [1.29, 1.82) is 0 Å². The van der Waals surface area contributed by atoms with E-state index in [4.69, 9.17) is 10.8 Å². The van der Waals surface area contributed by atoms with Crippen LogP contribution in [0.1, 0.15) is 0 Å². The Morgan fingerprint density at radius 2 is 2.19 bits per heavy atom. The van der Waals surface area contributed by atoms with Crippen LogP contribution in [-0.4, -0.2) is 33.9 Å². The molecule has 5 nitrogen and oxygen atoms in total. The van der Waals surface area contributed by atoms with Crippen molar-refractivity contribution in [1.82, 2.24) is 9.97 Å². The Morgan fingerprint density at radius 3 is 2.75 bits per heavy atom. The highest BCUT2D eigenvalue weighted by atomic mass is 79.9. The number of halogens is 4. The molecule has 1 heterocycles. The lowest BCUT2D eigenvalue weighted by atomic mass is 10.3. The van der Waals surface area contributed by atoms with E-state index in [1.807, 2.05) is 0 Å². The van der Waals surface area contributed by atoms with Gasteiger partial charge in [-0.25, -0.2) is 4.98 Å². The highest BCUT2D eigenvalue weighted by Crippen LogP contribution is 2.22. The molecule has 0 fully saturated rings. The molecular weight excluding hydrogens is 293 g/mol. The Kier molecular flexibility index (Phi) is 3.92. The van der Waals surface area contributed by atoms with Gasteiger partial charge < -0.3 is 16.2 Å². The molecule has 0 amide bonds. The number of hydrogen-bond donors (Lipinski definition) is 3. The maximum Gasteiger partial charge on any atom is 0.416 e. The predicted octanol–water partition coefficient (Wildman–Crippen LogP) is 1.16. The number of hydrogen-bond acceptors (Lipinski definition) is 5. The summed E-state index contributed by atoms with van der Waals surface area (Å²) in [6.45, 7) is -0.710. The van der Waals surface area contributed by atoms with E-state index in [9.17, 15) is 13.2 Å². The molecule has 9 heteroatoms. The smallest absolute Gasteiger partial charge is 0.382 e. The standard InChI is InChI=1S/C7H8BrF3N4O/c8-3-1-14-6(12)15-5(3)13-2-4(16)7(9,10)11/h1,4,16H,2H2,(H3,12,13,14,15).